The second kappa shape index (κ2) is 6.22. The molecule has 0 saturated heterocycles. The van der Waals surface area contributed by atoms with Gasteiger partial charge in [-0.1, -0.05) is 17.7 Å². The Labute approximate surface area is 137 Å². The van der Waals surface area contributed by atoms with E-state index in [4.69, 9.17) is 16.3 Å². The molecular formula is C17H14ClN2O3+. The van der Waals surface area contributed by atoms with Gasteiger partial charge in [-0.3, -0.25) is 10.2 Å². The number of halogens is 1. The molecular weight excluding hydrogens is 316 g/mol. The van der Waals surface area contributed by atoms with E-state index in [1.807, 2.05) is 18.2 Å². The number of rotatable bonds is 3. The topological polar surface area (TPSA) is 63.3 Å². The lowest BCUT2D eigenvalue weighted by molar-refractivity contribution is -0.884. The summed E-state index contributed by atoms with van der Waals surface area (Å²) >= 11 is 5.96. The highest BCUT2D eigenvalue weighted by atomic mass is 35.5. The van der Waals surface area contributed by atoms with Crippen molar-refractivity contribution >= 4 is 28.5 Å². The summed E-state index contributed by atoms with van der Waals surface area (Å²) < 4.78 is 5.71. The van der Waals surface area contributed by atoms with Gasteiger partial charge >= 0.3 is 5.97 Å². The van der Waals surface area contributed by atoms with Crippen molar-refractivity contribution in [2.75, 3.05) is 7.11 Å². The van der Waals surface area contributed by atoms with Gasteiger partial charge in [-0.25, -0.2) is 4.79 Å². The molecule has 3 rings (SSSR count). The maximum atomic E-state index is 11.6. The van der Waals surface area contributed by atoms with Gasteiger partial charge < -0.3 is 4.74 Å². The van der Waals surface area contributed by atoms with Crippen LogP contribution in [-0.2, 0) is 11.2 Å². The molecule has 0 aliphatic carbocycles. The third-order valence-corrected chi connectivity index (χ3v) is 3.71. The number of carbonyl (C=O) groups is 1. The molecule has 3 aromatic rings. The Bertz CT molecular complexity index is 896. The molecule has 0 atom stereocenters. The molecule has 0 aliphatic heterocycles. The molecule has 1 aromatic carbocycles. The summed E-state index contributed by atoms with van der Waals surface area (Å²) in [5.74, 6) is -0.389. The Morgan fingerprint density at radius 1 is 1.30 bits per heavy atom. The van der Waals surface area contributed by atoms with Crippen molar-refractivity contribution in [2.45, 2.75) is 6.42 Å². The van der Waals surface area contributed by atoms with E-state index in [0.29, 0.717) is 22.5 Å². The van der Waals surface area contributed by atoms with Crippen LogP contribution in [0.25, 0.3) is 10.9 Å². The van der Waals surface area contributed by atoms with Crippen LogP contribution in [0, 0.1) is 0 Å². The highest BCUT2D eigenvalue weighted by Gasteiger charge is 2.12. The first-order chi connectivity index (χ1) is 11.1. The van der Waals surface area contributed by atoms with Gasteiger partial charge in [0.15, 0.2) is 0 Å². The van der Waals surface area contributed by atoms with E-state index in [1.165, 1.54) is 13.3 Å². The molecule has 0 fully saturated rings. The average Bonchev–Trinajstić information content (AvgIpc) is 2.54. The highest BCUT2D eigenvalue weighted by molar-refractivity contribution is 6.30. The average molecular weight is 330 g/mol. The van der Waals surface area contributed by atoms with Crippen LogP contribution < -0.4 is 4.73 Å². The van der Waals surface area contributed by atoms with E-state index >= 15 is 0 Å². The molecule has 1 N–H and O–H groups in total. The number of ether oxygens (including phenoxy) is 1. The van der Waals surface area contributed by atoms with Gasteiger partial charge in [0.05, 0.1) is 18.1 Å². The first-order valence-electron chi connectivity index (χ1n) is 6.93. The number of methoxy groups -OCH3 is 1. The normalized spacial score (nSPS) is 10.7. The van der Waals surface area contributed by atoms with Crippen molar-refractivity contribution in [1.82, 2.24) is 4.98 Å². The van der Waals surface area contributed by atoms with Crippen molar-refractivity contribution in [2.24, 2.45) is 0 Å². The van der Waals surface area contributed by atoms with E-state index in [0.717, 1.165) is 21.4 Å². The number of benzene rings is 1. The number of pyridine rings is 2. The van der Waals surface area contributed by atoms with Crippen molar-refractivity contribution < 1.29 is 19.5 Å². The van der Waals surface area contributed by atoms with Crippen LogP contribution in [0.4, 0.5) is 0 Å². The molecule has 0 aliphatic rings. The number of hydrogen-bond acceptors (Lipinski definition) is 4. The quantitative estimate of drug-likeness (QED) is 0.456. The first-order valence-corrected chi connectivity index (χ1v) is 7.31. The second-order valence-corrected chi connectivity index (χ2v) is 5.54. The van der Waals surface area contributed by atoms with Crippen molar-refractivity contribution in [3.05, 3.63) is 70.6 Å². The van der Waals surface area contributed by atoms with Gasteiger partial charge in [-0.05, 0) is 29.8 Å². The van der Waals surface area contributed by atoms with Gasteiger partial charge in [0.25, 0.3) is 5.52 Å². The Morgan fingerprint density at radius 2 is 2.13 bits per heavy atom. The van der Waals surface area contributed by atoms with Gasteiger partial charge in [0.1, 0.15) is 5.02 Å². The summed E-state index contributed by atoms with van der Waals surface area (Å²) in [7, 11) is 1.35. The summed E-state index contributed by atoms with van der Waals surface area (Å²) in [4.78, 5) is 15.9. The van der Waals surface area contributed by atoms with Gasteiger partial charge in [0.2, 0.25) is 6.20 Å². The first kappa shape index (κ1) is 15.2. The molecule has 0 saturated carbocycles. The molecule has 5 nitrogen and oxygen atoms in total. The lowest BCUT2D eigenvalue weighted by atomic mass is 10.1. The van der Waals surface area contributed by atoms with Crippen LogP contribution >= 0.6 is 11.6 Å². The summed E-state index contributed by atoms with van der Waals surface area (Å²) in [6, 6.07) is 10.7. The maximum absolute atomic E-state index is 11.6. The lowest BCUT2D eigenvalue weighted by Crippen LogP contribution is -2.30. The zero-order valence-corrected chi connectivity index (χ0v) is 13.1. The Hall–Kier alpha value is -2.66. The number of carbonyl (C=O) groups excluding carboxylic acids is 1. The Morgan fingerprint density at radius 3 is 2.91 bits per heavy atom. The number of aromatic nitrogens is 2. The summed E-state index contributed by atoms with van der Waals surface area (Å²) in [5.41, 5.74) is 2.88. The van der Waals surface area contributed by atoms with E-state index in [9.17, 15) is 10.0 Å². The summed E-state index contributed by atoms with van der Waals surface area (Å²) in [6.45, 7) is 0. The lowest BCUT2D eigenvalue weighted by Gasteiger charge is -2.04. The molecule has 0 spiro atoms. The smallest absolute Gasteiger partial charge is 0.337 e. The summed E-state index contributed by atoms with van der Waals surface area (Å²) in [6.07, 6.45) is 3.57. The largest absolute Gasteiger partial charge is 0.465 e. The SMILES string of the molecule is COC(=O)c1ccnc(Cc2ccc3c(cc(Cl)c[n+]3O)c2)c1. The number of hydrogen-bond donors (Lipinski definition) is 1. The van der Waals surface area contributed by atoms with Crippen LogP contribution in [0.3, 0.4) is 0 Å². The molecule has 0 amide bonds. The van der Waals surface area contributed by atoms with Crippen molar-refractivity contribution in [3.8, 4) is 0 Å². The van der Waals surface area contributed by atoms with Crippen LogP contribution in [0.2, 0.25) is 5.02 Å². The third kappa shape index (κ3) is 3.24. The van der Waals surface area contributed by atoms with Crippen LogP contribution in [-0.4, -0.2) is 23.3 Å². The number of nitrogens with zero attached hydrogens (tertiary/aromatic N) is 2. The fourth-order valence-corrected chi connectivity index (χ4v) is 2.65. The molecule has 0 bridgehead atoms. The second-order valence-electron chi connectivity index (χ2n) is 5.10. The van der Waals surface area contributed by atoms with E-state index in [-0.39, 0.29) is 5.97 Å². The van der Waals surface area contributed by atoms with E-state index in [2.05, 4.69) is 4.98 Å². The minimum atomic E-state index is -0.389. The van der Waals surface area contributed by atoms with Crippen molar-refractivity contribution in [1.29, 1.82) is 0 Å². The highest BCUT2D eigenvalue weighted by Crippen LogP contribution is 2.18. The molecule has 116 valence electrons. The number of fused-ring (bicyclic) bond motifs is 1. The van der Waals surface area contributed by atoms with Gasteiger partial charge in [0, 0.05) is 29.1 Å². The van der Waals surface area contributed by atoms with Crippen molar-refractivity contribution in [3.63, 3.8) is 0 Å². The predicted molar refractivity (Wildman–Crippen MR) is 84.7 cm³/mol. The number of esters is 1. The van der Waals surface area contributed by atoms with Crippen LogP contribution in [0.15, 0.2) is 48.8 Å². The van der Waals surface area contributed by atoms with E-state index in [1.54, 1.807) is 24.4 Å². The van der Waals surface area contributed by atoms with Gasteiger partial charge in [-0.15, -0.1) is 0 Å². The minimum absolute atomic E-state index is 0.389. The molecule has 2 aromatic heterocycles. The summed E-state index contributed by atoms with van der Waals surface area (Å²) in [5, 5.41) is 11.1. The molecule has 2 heterocycles. The van der Waals surface area contributed by atoms with Crippen LogP contribution in [0.1, 0.15) is 21.6 Å². The fourth-order valence-electron chi connectivity index (χ4n) is 2.44. The molecule has 0 unspecified atom stereocenters. The molecule has 6 heteroatoms. The van der Waals surface area contributed by atoms with Gasteiger partial charge in [-0.2, -0.15) is 0 Å². The zero-order chi connectivity index (χ0) is 16.4. The molecule has 0 radical (unpaired) electrons. The van der Waals surface area contributed by atoms with E-state index < -0.39 is 0 Å². The minimum Gasteiger partial charge on any atom is -0.465 e. The Balaban J connectivity index is 1.94. The van der Waals surface area contributed by atoms with Crippen LogP contribution in [0.5, 0.6) is 0 Å². The monoisotopic (exact) mass is 329 g/mol. The zero-order valence-electron chi connectivity index (χ0n) is 12.4. The Kier molecular flexibility index (Phi) is 4.12. The fraction of sp³-hybridized carbons (Fsp3) is 0.118. The molecule has 23 heavy (non-hydrogen) atoms. The third-order valence-electron chi connectivity index (χ3n) is 3.50. The maximum Gasteiger partial charge on any atom is 0.337 e. The standard InChI is InChI=1S/C17H14ClN2O3/c1-23-17(21)12-4-5-19-15(9-12)7-11-2-3-16-13(6-11)8-14(18)10-20(16)22/h2-6,8-10,22H,7H2,1H3/q+1. The predicted octanol–water partition coefficient (Wildman–Crippen LogP) is 2.79.